The number of nitrogens with one attached hydrogen (secondary N) is 2. The molecule has 5 nitrogen and oxygen atoms in total. The van der Waals surface area contributed by atoms with Gasteiger partial charge in [0.1, 0.15) is 11.6 Å². The van der Waals surface area contributed by atoms with E-state index in [0.717, 1.165) is 18.9 Å². The zero-order valence-electron chi connectivity index (χ0n) is 14.1. The minimum Gasteiger partial charge on any atom is -0.355 e. The summed E-state index contributed by atoms with van der Waals surface area (Å²) in [4.78, 5) is 24.5. The van der Waals surface area contributed by atoms with Gasteiger partial charge in [-0.25, -0.2) is 14.2 Å². The summed E-state index contributed by atoms with van der Waals surface area (Å²) >= 11 is 0. The molecule has 1 aliphatic heterocycles. The van der Waals surface area contributed by atoms with Gasteiger partial charge in [0.25, 0.3) is 0 Å². The molecule has 0 unspecified atom stereocenters. The maximum absolute atomic E-state index is 13.6. The highest BCUT2D eigenvalue weighted by Gasteiger charge is 2.43. The first-order valence-electron chi connectivity index (χ1n) is 8.51. The molecule has 0 radical (unpaired) electrons. The molecule has 2 aliphatic rings. The second kappa shape index (κ2) is 6.90. The van der Waals surface area contributed by atoms with Crippen LogP contribution in [0.1, 0.15) is 44.6 Å². The number of carbonyl (C=O) groups is 2. The van der Waals surface area contributed by atoms with Crippen molar-refractivity contribution in [1.82, 2.24) is 10.7 Å². The van der Waals surface area contributed by atoms with Crippen molar-refractivity contribution in [3.63, 3.8) is 0 Å². The molecular formula is C18H21F2N3O2. The van der Waals surface area contributed by atoms with Gasteiger partial charge >= 0.3 is 0 Å². The lowest BCUT2D eigenvalue weighted by Crippen LogP contribution is -2.43. The van der Waals surface area contributed by atoms with Crippen LogP contribution < -0.4 is 10.7 Å². The van der Waals surface area contributed by atoms with E-state index in [2.05, 4.69) is 15.8 Å². The molecule has 1 heterocycles. The van der Waals surface area contributed by atoms with E-state index in [4.69, 9.17) is 0 Å². The second-order valence-corrected chi connectivity index (χ2v) is 6.77. The van der Waals surface area contributed by atoms with Gasteiger partial charge in [-0.05, 0) is 43.9 Å². The number of hydrogen-bond donors (Lipinski definition) is 2. The maximum atomic E-state index is 13.6. The lowest BCUT2D eigenvalue weighted by atomic mass is 9.77. The van der Waals surface area contributed by atoms with Crippen molar-refractivity contribution >= 4 is 17.5 Å². The minimum absolute atomic E-state index is 0.172. The Balaban J connectivity index is 1.71. The summed E-state index contributed by atoms with van der Waals surface area (Å²) in [5.74, 6) is -2.10. The molecule has 1 aromatic rings. The van der Waals surface area contributed by atoms with Crippen LogP contribution in [0.4, 0.5) is 8.78 Å². The van der Waals surface area contributed by atoms with E-state index < -0.39 is 17.0 Å². The third kappa shape index (κ3) is 3.41. The number of benzene rings is 1. The van der Waals surface area contributed by atoms with E-state index in [-0.39, 0.29) is 17.7 Å². The Morgan fingerprint density at radius 1 is 1.28 bits per heavy atom. The normalized spacial score (nSPS) is 21.8. The molecule has 1 aromatic carbocycles. The predicted molar refractivity (Wildman–Crippen MR) is 88.9 cm³/mol. The van der Waals surface area contributed by atoms with E-state index >= 15 is 0 Å². The molecule has 0 spiro atoms. The van der Waals surface area contributed by atoms with Gasteiger partial charge in [-0.1, -0.05) is 12.8 Å². The topological polar surface area (TPSA) is 70.6 Å². The van der Waals surface area contributed by atoms with Gasteiger partial charge < -0.3 is 5.32 Å². The number of rotatable bonds is 5. The van der Waals surface area contributed by atoms with E-state index in [0.29, 0.717) is 37.1 Å². The van der Waals surface area contributed by atoms with Crippen LogP contribution in [0, 0.1) is 17.6 Å². The minimum atomic E-state index is -0.899. The van der Waals surface area contributed by atoms with Crippen molar-refractivity contribution in [2.75, 3.05) is 6.54 Å². The Hall–Kier alpha value is -2.31. The molecule has 7 heteroatoms. The van der Waals surface area contributed by atoms with E-state index in [1.807, 2.05) is 0 Å². The van der Waals surface area contributed by atoms with E-state index in [1.54, 1.807) is 6.92 Å². The van der Waals surface area contributed by atoms with Gasteiger partial charge in [0, 0.05) is 18.3 Å². The van der Waals surface area contributed by atoms with Gasteiger partial charge in [-0.15, -0.1) is 0 Å². The molecule has 1 aliphatic carbocycles. The number of hydrogen-bond acceptors (Lipinski definition) is 3. The summed E-state index contributed by atoms with van der Waals surface area (Å²) < 4.78 is 27.3. The first kappa shape index (κ1) is 17.5. The molecule has 2 amide bonds. The Labute approximate surface area is 144 Å². The smallest absolute Gasteiger partial charge is 0.248 e. The molecule has 2 N–H and O–H groups in total. The third-order valence-corrected chi connectivity index (χ3v) is 5.19. The molecule has 0 bridgehead atoms. The third-order valence-electron chi connectivity index (χ3n) is 5.19. The van der Waals surface area contributed by atoms with Gasteiger partial charge in [0.2, 0.25) is 11.8 Å². The van der Waals surface area contributed by atoms with E-state index in [1.165, 1.54) is 12.1 Å². The fourth-order valence-electron chi connectivity index (χ4n) is 3.78. The monoisotopic (exact) mass is 349 g/mol. The first-order chi connectivity index (χ1) is 11.9. The van der Waals surface area contributed by atoms with Gasteiger partial charge in [0.05, 0.1) is 11.3 Å². The van der Waals surface area contributed by atoms with Crippen molar-refractivity contribution in [1.29, 1.82) is 0 Å². The number of hydrazone groups is 1. The fraction of sp³-hybridized carbons (Fsp3) is 0.500. The van der Waals surface area contributed by atoms with Crippen LogP contribution in [0.15, 0.2) is 23.3 Å². The van der Waals surface area contributed by atoms with Crippen molar-refractivity contribution in [2.45, 2.75) is 44.4 Å². The van der Waals surface area contributed by atoms with Gasteiger partial charge in [-0.2, -0.15) is 5.10 Å². The lowest BCUT2D eigenvalue weighted by molar-refractivity contribution is -0.127. The molecular weight excluding hydrogens is 328 g/mol. The highest BCUT2D eigenvalue weighted by Crippen LogP contribution is 2.41. The summed E-state index contributed by atoms with van der Waals surface area (Å²) in [6.07, 6.45) is 3.24. The van der Waals surface area contributed by atoms with Crippen molar-refractivity contribution in [3.8, 4) is 0 Å². The van der Waals surface area contributed by atoms with Crippen LogP contribution in [-0.2, 0) is 15.0 Å². The van der Waals surface area contributed by atoms with Crippen molar-refractivity contribution in [3.05, 3.63) is 35.4 Å². The molecule has 1 fully saturated rings. The Bertz CT molecular complexity index is 707. The maximum Gasteiger partial charge on any atom is 0.248 e. The summed E-state index contributed by atoms with van der Waals surface area (Å²) in [6.45, 7) is 2.07. The summed E-state index contributed by atoms with van der Waals surface area (Å²) in [6, 6.07) is 3.30. The molecule has 1 saturated carbocycles. The van der Waals surface area contributed by atoms with Crippen molar-refractivity contribution < 1.29 is 18.4 Å². The molecule has 134 valence electrons. The van der Waals surface area contributed by atoms with E-state index in [9.17, 15) is 18.4 Å². The molecule has 25 heavy (non-hydrogen) atoms. The second-order valence-electron chi connectivity index (χ2n) is 6.77. The molecule has 3 rings (SSSR count). The summed E-state index contributed by atoms with van der Waals surface area (Å²) in [5.41, 5.74) is 2.59. The van der Waals surface area contributed by atoms with Gasteiger partial charge in [0.15, 0.2) is 0 Å². The lowest BCUT2D eigenvalue weighted by Gasteiger charge is -2.28. The molecule has 1 atom stereocenters. The first-order valence-corrected chi connectivity index (χ1v) is 8.51. The number of amides is 2. The zero-order valence-corrected chi connectivity index (χ0v) is 14.1. The van der Waals surface area contributed by atoms with Crippen LogP contribution in [0.25, 0.3) is 0 Å². The number of halogens is 2. The summed E-state index contributed by atoms with van der Waals surface area (Å²) in [7, 11) is 0. The largest absolute Gasteiger partial charge is 0.355 e. The SMILES string of the molecule is CC1=NNC(=O)[C@H]1CCNC(=O)C1(c2cc(F)cc(F)c2)CCCC1. The molecule has 0 saturated heterocycles. The standard InChI is InChI=1S/C18H21F2N3O2/c1-11-15(16(24)23-22-11)4-7-21-17(25)18(5-2-3-6-18)12-8-13(19)10-14(20)9-12/h8-10,15H,2-7H2,1H3,(H,21,25)(H,23,24)/t15-/m0/s1. The Kier molecular flexibility index (Phi) is 4.83. The van der Waals surface area contributed by atoms with Crippen LogP contribution >= 0.6 is 0 Å². The van der Waals surface area contributed by atoms with Crippen LogP contribution in [0.2, 0.25) is 0 Å². The quantitative estimate of drug-likeness (QED) is 0.857. The average Bonchev–Trinajstić information content (AvgIpc) is 3.16. The number of nitrogens with zero attached hydrogens (tertiary/aromatic N) is 1. The summed E-state index contributed by atoms with van der Waals surface area (Å²) in [5, 5.41) is 6.73. The average molecular weight is 349 g/mol. The van der Waals surface area contributed by atoms with Crippen LogP contribution in [-0.4, -0.2) is 24.1 Å². The predicted octanol–water partition coefficient (Wildman–Crippen LogP) is 2.40. The fourth-order valence-corrected chi connectivity index (χ4v) is 3.78. The van der Waals surface area contributed by atoms with Crippen LogP contribution in [0.3, 0.4) is 0 Å². The highest BCUT2D eigenvalue weighted by atomic mass is 19.1. The Morgan fingerprint density at radius 2 is 1.92 bits per heavy atom. The zero-order chi connectivity index (χ0) is 18.0. The molecule has 0 aromatic heterocycles. The highest BCUT2D eigenvalue weighted by molar-refractivity contribution is 6.06. The number of carbonyl (C=O) groups excluding carboxylic acids is 2. The van der Waals surface area contributed by atoms with Crippen molar-refractivity contribution in [2.24, 2.45) is 11.0 Å². The van der Waals surface area contributed by atoms with Crippen LogP contribution in [0.5, 0.6) is 0 Å². The van der Waals surface area contributed by atoms with Gasteiger partial charge in [-0.3, -0.25) is 9.59 Å². The Morgan fingerprint density at radius 3 is 2.48 bits per heavy atom.